The van der Waals surface area contributed by atoms with Gasteiger partial charge in [-0.25, -0.2) is 4.68 Å². The van der Waals surface area contributed by atoms with Crippen LogP contribution in [0.25, 0.3) is 23.0 Å². The summed E-state index contributed by atoms with van der Waals surface area (Å²) in [4.78, 5) is 27.7. The van der Waals surface area contributed by atoms with E-state index in [2.05, 4.69) is 0 Å². The fourth-order valence-electron chi connectivity index (χ4n) is 4.74. The second-order valence-electron chi connectivity index (χ2n) is 9.91. The molecule has 5 rings (SSSR count). The van der Waals surface area contributed by atoms with E-state index in [1.165, 1.54) is 4.90 Å². The molecule has 0 aliphatic carbocycles. The number of nitriles is 1. The first-order valence-electron chi connectivity index (χ1n) is 13.7. The molecule has 2 heterocycles. The van der Waals surface area contributed by atoms with Crippen molar-refractivity contribution < 1.29 is 14.3 Å². The number of amides is 2. The van der Waals surface area contributed by atoms with Crippen LogP contribution in [-0.4, -0.2) is 33.0 Å². The van der Waals surface area contributed by atoms with E-state index in [1.807, 2.05) is 98.1 Å². The number of imide groups is 1. The van der Waals surface area contributed by atoms with Gasteiger partial charge < -0.3 is 4.74 Å². The number of aromatic nitrogens is 2. The molecule has 0 N–H and O–H groups in total. The van der Waals surface area contributed by atoms with Crippen LogP contribution >= 0.6 is 11.6 Å². The van der Waals surface area contributed by atoms with Crippen molar-refractivity contribution >= 4 is 29.5 Å². The number of carbonyl (C=O) groups excluding carboxylic acids is 2. The molecule has 3 aromatic carbocycles. The SMILES string of the molecule is CCCCN1C(=O)C(C#N)=C(C)/C(=C\c2cn(-c3ccccc3)nc2-c2cccc(OCc3ccccc3Cl)c2)C1=O. The second kappa shape index (κ2) is 12.7. The van der Waals surface area contributed by atoms with Gasteiger partial charge in [-0.3, -0.25) is 14.5 Å². The minimum atomic E-state index is -0.547. The third-order valence-electron chi connectivity index (χ3n) is 7.08. The standard InChI is InChI=1S/C34H29ClN4O3/c1-3-4-17-38-33(40)29(23(2)30(20-36)34(38)41)19-26-21-39(27-13-6-5-7-14-27)37-32(26)24-12-10-15-28(18-24)42-22-25-11-8-9-16-31(25)35/h5-16,18-19,21H,3-4,17,22H2,1-2H3/b29-19+. The summed E-state index contributed by atoms with van der Waals surface area (Å²) in [6.45, 7) is 4.18. The zero-order valence-electron chi connectivity index (χ0n) is 23.4. The highest BCUT2D eigenvalue weighted by Gasteiger charge is 2.35. The minimum absolute atomic E-state index is 0.0241. The van der Waals surface area contributed by atoms with Crippen LogP contribution in [-0.2, 0) is 16.2 Å². The van der Waals surface area contributed by atoms with Crippen LogP contribution in [0.15, 0.2) is 102 Å². The molecule has 0 saturated carbocycles. The van der Waals surface area contributed by atoms with Gasteiger partial charge in [-0.2, -0.15) is 10.4 Å². The Morgan fingerprint density at radius 1 is 1.00 bits per heavy atom. The minimum Gasteiger partial charge on any atom is -0.489 e. The Labute approximate surface area is 249 Å². The molecular formula is C34H29ClN4O3. The number of rotatable bonds is 9. The maximum atomic E-state index is 13.6. The van der Waals surface area contributed by atoms with Gasteiger partial charge in [0.05, 0.1) is 5.69 Å². The number of hydrogen-bond donors (Lipinski definition) is 0. The Balaban J connectivity index is 1.59. The molecule has 1 aromatic heterocycles. The van der Waals surface area contributed by atoms with E-state index in [9.17, 15) is 14.9 Å². The molecule has 0 unspecified atom stereocenters. The molecule has 42 heavy (non-hydrogen) atoms. The molecule has 1 aliphatic heterocycles. The lowest BCUT2D eigenvalue weighted by molar-refractivity contribution is -0.140. The number of nitrogens with zero attached hydrogens (tertiary/aromatic N) is 4. The highest BCUT2D eigenvalue weighted by Crippen LogP contribution is 2.32. The number of halogens is 1. The van der Waals surface area contributed by atoms with Crippen LogP contribution in [0.5, 0.6) is 5.75 Å². The van der Waals surface area contributed by atoms with Crippen molar-refractivity contribution in [3.63, 3.8) is 0 Å². The molecule has 7 nitrogen and oxygen atoms in total. The molecule has 8 heteroatoms. The first-order valence-corrected chi connectivity index (χ1v) is 14.1. The van der Waals surface area contributed by atoms with Crippen molar-refractivity contribution in [1.29, 1.82) is 5.26 Å². The van der Waals surface area contributed by atoms with E-state index < -0.39 is 11.8 Å². The van der Waals surface area contributed by atoms with Gasteiger partial charge in [0.25, 0.3) is 11.8 Å². The Morgan fingerprint density at radius 2 is 1.76 bits per heavy atom. The van der Waals surface area contributed by atoms with Gasteiger partial charge in [-0.05, 0) is 55.3 Å². The smallest absolute Gasteiger partial charge is 0.271 e. The fraction of sp³-hybridized carbons (Fsp3) is 0.176. The van der Waals surface area contributed by atoms with E-state index >= 15 is 0 Å². The van der Waals surface area contributed by atoms with E-state index in [4.69, 9.17) is 21.4 Å². The quantitative estimate of drug-likeness (QED) is 0.156. The molecule has 0 bridgehead atoms. The van der Waals surface area contributed by atoms with Gasteiger partial charge in [-0.1, -0.05) is 73.5 Å². The van der Waals surface area contributed by atoms with Crippen molar-refractivity contribution in [1.82, 2.24) is 14.7 Å². The molecule has 2 amide bonds. The maximum absolute atomic E-state index is 13.6. The summed E-state index contributed by atoms with van der Waals surface area (Å²) in [5.74, 6) is -0.331. The van der Waals surface area contributed by atoms with Gasteiger partial charge in [0.15, 0.2) is 0 Å². The van der Waals surface area contributed by atoms with E-state index in [-0.39, 0.29) is 12.1 Å². The first-order chi connectivity index (χ1) is 20.4. The first kappa shape index (κ1) is 28.6. The topological polar surface area (TPSA) is 88.2 Å². The van der Waals surface area contributed by atoms with Crippen molar-refractivity contribution in [2.75, 3.05) is 6.54 Å². The van der Waals surface area contributed by atoms with Gasteiger partial charge >= 0.3 is 0 Å². The van der Waals surface area contributed by atoms with E-state index in [0.29, 0.717) is 46.2 Å². The molecule has 0 atom stereocenters. The van der Waals surface area contributed by atoms with Crippen molar-refractivity contribution in [2.24, 2.45) is 0 Å². The molecule has 1 aliphatic rings. The van der Waals surface area contributed by atoms with Crippen LogP contribution in [0, 0.1) is 11.3 Å². The molecular weight excluding hydrogens is 548 g/mol. The highest BCUT2D eigenvalue weighted by atomic mass is 35.5. The van der Waals surface area contributed by atoms with Gasteiger partial charge in [-0.15, -0.1) is 0 Å². The zero-order chi connectivity index (χ0) is 29.6. The number of unbranched alkanes of at least 4 members (excludes halogenated alkanes) is 1. The normalized spacial score (nSPS) is 14.4. The van der Waals surface area contributed by atoms with Gasteiger partial charge in [0.2, 0.25) is 0 Å². The Bertz CT molecular complexity index is 1750. The van der Waals surface area contributed by atoms with Gasteiger partial charge in [0, 0.05) is 40.0 Å². The Morgan fingerprint density at radius 3 is 2.50 bits per heavy atom. The van der Waals surface area contributed by atoms with E-state index in [0.717, 1.165) is 23.2 Å². The average molecular weight is 577 g/mol. The monoisotopic (exact) mass is 576 g/mol. The summed E-state index contributed by atoms with van der Waals surface area (Å²) in [5.41, 5.74) is 4.39. The molecule has 210 valence electrons. The predicted molar refractivity (Wildman–Crippen MR) is 163 cm³/mol. The number of benzene rings is 3. The third kappa shape index (κ3) is 5.90. The number of hydrogen-bond acceptors (Lipinski definition) is 5. The number of para-hydroxylation sites is 1. The molecule has 0 radical (unpaired) electrons. The summed E-state index contributed by atoms with van der Waals surface area (Å²) >= 11 is 6.31. The average Bonchev–Trinajstić information content (AvgIpc) is 3.44. The van der Waals surface area contributed by atoms with Crippen LogP contribution in [0.3, 0.4) is 0 Å². The zero-order valence-corrected chi connectivity index (χ0v) is 24.1. The lowest BCUT2D eigenvalue weighted by atomic mass is 9.93. The summed E-state index contributed by atoms with van der Waals surface area (Å²) in [6.07, 6.45) is 5.03. The third-order valence-corrected chi connectivity index (χ3v) is 7.45. The van der Waals surface area contributed by atoms with Crippen molar-refractivity contribution in [3.8, 4) is 28.8 Å². The highest BCUT2D eigenvalue weighted by molar-refractivity contribution is 6.31. The largest absolute Gasteiger partial charge is 0.489 e. The fourth-order valence-corrected chi connectivity index (χ4v) is 4.93. The van der Waals surface area contributed by atoms with Crippen LogP contribution in [0.4, 0.5) is 0 Å². The Kier molecular flexibility index (Phi) is 8.66. The summed E-state index contributed by atoms with van der Waals surface area (Å²) < 4.78 is 7.81. The van der Waals surface area contributed by atoms with Crippen molar-refractivity contribution in [3.05, 3.63) is 118 Å². The molecule has 0 fully saturated rings. The van der Waals surface area contributed by atoms with Crippen molar-refractivity contribution in [2.45, 2.75) is 33.3 Å². The van der Waals surface area contributed by atoms with Crippen LogP contribution < -0.4 is 4.74 Å². The predicted octanol–water partition coefficient (Wildman–Crippen LogP) is 7.16. The molecule has 4 aromatic rings. The molecule has 0 saturated heterocycles. The molecule has 0 spiro atoms. The second-order valence-corrected chi connectivity index (χ2v) is 10.3. The number of carbonyl (C=O) groups is 2. The lowest BCUT2D eigenvalue weighted by Crippen LogP contribution is -2.43. The Hall–Kier alpha value is -4.93. The maximum Gasteiger partial charge on any atom is 0.271 e. The van der Waals surface area contributed by atoms with Gasteiger partial charge in [0.1, 0.15) is 29.7 Å². The summed E-state index contributed by atoms with van der Waals surface area (Å²) in [5, 5.41) is 15.3. The van der Waals surface area contributed by atoms with Crippen LogP contribution in [0.1, 0.15) is 37.8 Å². The van der Waals surface area contributed by atoms with E-state index in [1.54, 1.807) is 17.7 Å². The summed E-state index contributed by atoms with van der Waals surface area (Å²) in [7, 11) is 0. The lowest BCUT2D eigenvalue weighted by Gasteiger charge is -2.27. The number of ether oxygens (including phenoxy) is 1. The summed E-state index contributed by atoms with van der Waals surface area (Å²) in [6, 6.07) is 26.7. The van der Waals surface area contributed by atoms with Crippen LogP contribution in [0.2, 0.25) is 5.02 Å².